The van der Waals surface area contributed by atoms with Gasteiger partial charge in [0.05, 0.1) is 22.5 Å². The highest BCUT2D eigenvalue weighted by atomic mass is 35.5. The molecule has 0 bridgehead atoms. The summed E-state index contributed by atoms with van der Waals surface area (Å²) in [6, 6.07) is 14.7. The minimum atomic E-state index is -1.00. The number of nitrogens with zero attached hydrogens (tertiary/aromatic N) is 2. The number of amides is 1. The molecule has 2 aromatic carbocycles. The summed E-state index contributed by atoms with van der Waals surface area (Å²) < 4.78 is 13.6. The highest BCUT2D eigenvalue weighted by molar-refractivity contribution is 7.85. The number of aromatic nitrogens is 2. The Labute approximate surface area is 172 Å². The molecule has 3 rings (SSSR count). The summed E-state index contributed by atoms with van der Waals surface area (Å²) in [5.74, 6) is 0.171. The SMILES string of the molecule is CC(C)(C)S(=O)Cc1cccc(NC(=O)c2cnn(-c3ccccc3Cl)c2)c1. The first-order valence-corrected chi connectivity index (χ1v) is 10.5. The Kier molecular flexibility index (Phi) is 6.01. The number of nitrogens with one attached hydrogen (secondary N) is 1. The van der Waals surface area contributed by atoms with Gasteiger partial charge >= 0.3 is 0 Å². The van der Waals surface area contributed by atoms with Crippen LogP contribution < -0.4 is 5.32 Å². The second kappa shape index (κ2) is 8.29. The molecule has 146 valence electrons. The topological polar surface area (TPSA) is 64.0 Å². The summed E-state index contributed by atoms with van der Waals surface area (Å²) in [7, 11) is -1.00. The highest BCUT2D eigenvalue weighted by Crippen LogP contribution is 2.21. The number of hydrogen-bond acceptors (Lipinski definition) is 3. The van der Waals surface area contributed by atoms with Crippen molar-refractivity contribution < 1.29 is 9.00 Å². The lowest BCUT2D eigenvalue weighted by molar-refractivity contribution is 0.102. The first-order valence-electron chi connectivity index (χ1n) is 8.82. The molecule has 0 radical (unpaired) electrons. The number of hydrogen-bond donors (Lipinski definition) is 1. The number of carbonyl (C=O) groups excluding carboxylic acids is 1. The fourth-order valence-corrected chi connectivity index (χ4v) is 3.66. The van der Waals surface area contributed by atoms with Crippen LogP contribution in [0.1, 0.15) is 36.7 Å². The Morgan fingerprint density at radius 1 is 1.18 bits per heavy atom. The molecular weight excluding hydrogens is 394 g/mol. The molecule has 1 amide bonds. The molecule has 1 heterocycles. The first-order chi connectivity index (χ1) is 13.2. The summed E-state index contributed by atoms with van der Waals surface area (Å²) in [6.07, 6.45) is 3.13. The molecule has 5 nitrogen and oxygen atoms in total. The van der Waals surface area contributed by atoms with Gasteiger partial charge in [-0.15, -0.1) is 0 Å². The second-order valence-corrected chi connectivity index (χ2v) is 9.99. The fraction of sp³-hybridized carbons (Fsp3) is 0.238. The molecular formula is C21H22ClN3O2S. The van der Waals surface area contributed by atoms with E-state index in [-0.39, 0.29) is 10.7 Å². The monoisotopic (exact) mass is 415 g/mol. The smallest absolute Gasteiger partial charge is 0.258 e. The van der Waals surface area contributed by atoms with Crippen molar-refractivity contribution in [3.8, 4) is 5.69 Å². The van der Waals surface area contributed by atoms with Gasteiger partial charge in [0.15, 0.2) is 0 Å². The molecule has 0 saturated heterocycles. The number of rotatable bonds is 5. The van der Waals surface area contributed by atoms with Gasteiger partial charge < -0.3 is 5.32 Å². The van der Waals surface area contributed by atoms with Crippen LogP contribution in [0.2, 0.25) is 5.02 Å². The third kappa shape index (κ3) is 4.88. The Balaban J connectivity index is 1.73. The van der Waals surface area contributed by atoms with Crippen LogP contribution in [0.5, 0.6) is 0 Å². The van der Waals surface area contributed by atoms with Crippen molar-refractivity contribution in [1.82, 2.24) is 9.78 Å². The lowest BCUT2D eigenvalue weighted by atomic mass is 10.2. The molecule has 28 heavy (non-hydrogen) atoms. The third-order valence-corrected chi connectivity index (χ3v) is 6.39. The minimum absolute atomic E-state index is 0.271. The van der Waals surface area contributed by atoms with E-state index in [9.17, 15) is 9.00 Å². The van der Waals surface area contributed by atoms with Crippen molar-refractivity contribution in [2.24, 2.45) is 0 Å². The van der Waals surface area contributed by atoms with Crippen LogP contribution in [0.3, 0.4) is 0 Å². The molecule has 0 spiro atoms. The van der Waals surface area contributed by atoms with Crippen molar-refractivity contribution >= 4 is 34.0 Å². The van der Waals surface area contributed by atoms with Crippen LogP contribution in [0.4, 0.5) is 5.69 Å². The molecule has 1 atom stereocenters. The largest absolute Gasteiger partial charge is 0.322 e. The third-order valence-electron chi connectivity index (χ3n) is 4.11. The average Bonchev–Trinajstić information content (AvgIpc) is 3.11. The zero-order valence-electron chi connectivity index (χ0n) is 16.0. The highest BCUT2D eigenvalue weighted by Gasteiger charge is 2.19. The minimum Gasteiger partial charge on any atom is -0.322 e. The fourth-order valence-electron chi connectivity index (χ4n) is 2.52. The quantitative estimate of drug-likeness (QED) is 0.649. The van der Waals surface area contributed by atoms with E-state index in [4.69, 9.17) is 11.6 Å². The number of para-hydroxylation sites is 1. The van der Waals surface area contributed by atoms with E-state index in [0.717, 1.165) is 5.56 Å². The van der Waals surface area contributed by atoms with Crippen LogP contribution in [0, 0.1) is 0 Å². The summed E-state index contributed by atoms with van der Waals surface area (Å²) in [6.45, 7) is 5.85. The maximum absolute atomic E-state index is 12.6. The van der Waals surface area contributed by atoms with Crippen molar-refractivity contribution in [2.75, 3.05) is 5.32 Å². The van der Waals surface area contributed by atoms with Crippen LogP contribution in [0.15, 0.2) is 60.9 Å². The van der Waals surface area contributed by atoms with E-state index in [1.807, 2.05) is 57.2 Å². The average molecular weight is 416 g/mol. The van der Waals surface area contributed by atoms with Crippen LogP contribution in [-0.2, 0) is 16.6 Å². The van der Waals surface area contributed by atoms with Crippen molar-refractivity contribution in [2.45, 2.75) is 31.3 Å². The van der Waals surface area contributed by atoms with Crippen LogP contribution >= 0.6 is 11.6 Å². The number of benzene rings is 2. The summed E-state index contributed by atoms with van der Waals surface area (Å²) in [4.78, 5) is 12.6. The normalized spacial score (nSPS) is 12.6. The molecule has 0 saturated carbocycles. The summed E-state index contributed by atoms with van der Waals surface area (Å²) in [5, 5.41) is 7.64. The maximum atomic E-state index is 12.6. The van der Waals surface area contributed by atoms with Crippen molar-refractivity contribution in [3.63, 3.8) is 0 Å². The number of halogens is 1. The molecule has 0 aliphatic carbocycles. The van der Waals surface area contributed by atoms with E-state index < -0.39 is 10.8 Å². The van der Waals surface area contributed by atoms with Gasteiger partial charge in [-0.05, 0) is 50.6 Å². The van der Waals surface area contributed by atoms with Crippen molar-refractivity contribution in [1.29, 1.82) is 0 Å². The molecule has 1 unspecified atom stereocenters. The van der Waals surface area contributed by atoms with Gasteiger partial charge in [0.2, 0.25) is 0 Å². The van der Waals surface area contributed by atoms with Gasteiger partial charge in [-0.3, -0.25) is 9.00 Å². The number of carbonyl (C=O) groups is 1. The molecule has 1 N–H and O–H groups in total. The first kappa shape index (κ1) is 20.3. The Morgan fingerprint density at radius 3 is 2.64 bits per heavy atom. The van der Waals surface area contributed by atoms with Gasteiger partial charge in [0.25, 0.3) is 5.91 Å². The van der Waals surface area contributed by atoms with Crippen LogP contribution in [0.25, 0.3) is 5.69 Å². The van der Waals surface area contributed by atoms with E-state index in [0.29, 0.717) is 27.7 Å². The molecule has 7 heteroatoms. The van der Waals surface area contributed by atoms with Gasteiger partial charge in [0.1, 0.15) is 0 Å². The second-order valence-electron chi connectivity index (χ2n) is 7.38. The van der Waals surface area contributed by atoms with Gasteiger partial charge in [-0.1, -0.05) is 35.9 Å². The van der Waals surface area contributed by atoms with Gasteiger partial charge in [0, 0.05) is 33.2 Å². The molecule has 0 aliphatic rings. The van der Waals surface area contributed by atoms with E-state index in [2.05, 4.69) is 10.4 Å². The molecule has 0 aliphatic heterocycles. The number of anilines is 1. The van der Waals surface area contributed by atoms with E-state index in [1.165, 1.54) is 6.20 Å². The maximum Gasteiger partial charge on any atom is 0.258 e. The van der Waals surface area contributed by atoms with Crippen LogP contribution in [-0.4, -0.2) is 24.6 Å². The zero-order valence-corrected chi connectivity index (χ0v) is 17.6. The molecule has 1 aromatic heterocycles. The standard InChI is InChI=1S/C21H22ClN3O2S/c1-21(2,3)28(27)14-15-7-6-8-17(11-15)24-20(26)16-12-23-25(13-16)19-10-5-4-9-18(19)22/h4-13H,14H2,1-3H3,(H,24,26). The van der Waals surface area contributed by atoms with Gasteiger partial charge in [-0.25, -0.2) is 4.68 Å². The predicted octanol–water partition coefficient (Wildman–Crippen LogP) is 4.83. The zero-order chi connectivity index (χ0) is 20.3. The lowest BCUT2D eigenvalue weighted by Gasteiger charge is -2.17. The Morgan fingerprint density at radius 2 is 1.93 bits per heavy atom. The Hall–Kier alpha value is -2.44. The van der Waals surface area contributed by atoms with Gasteiger partial charge in [-0.2, -0.15) is 5.10 Å². The summed E-state index contributed by atoms with van der Waals surface area (Å²) >= 11 is 6.18. The summed E-state index contributed by atoms with van der Waals surface area (Å²) in [5.41, 5.74) is 2.69. The van der Waals surface area contributed by atoms with E-state index in [1.54, 1.807) is 23.0 Å². The van der Waals surface area contributed by atoms with Crippen molar-refractivity contribution in [3.05, 3.63) is 77.1 Å². The molecule has 0 fully saturated rings. The Bertz CT molecular complexity index is 1020. The lowest BCUT2D eigenvalue weighted by Crippen LogP contribution is -2.23. The van der Waals surface area contributed by atoms with E-state index >= 15 is 0 Å². The predicted molar refractivity (Wildman–Crippen MR) is 115 cm³/mol. The molecule has 3 aromatic rings.